The maximum atomic E-state index is 10.7. The predicted molar refractivity (Wildman–Crippen MR) is 77.0 cm³/mol. The minimum absolute atomic E-state index is 0.149. The van der Waals surface area contributed by atoms with Gasteiger partial charge in [-0.25, -0.2) is 4.79 Å². The summed E-state index contributed by atoms with van der Waals surface area (Å²) >= 11 is 0. The van der Waals surface area contributed by atoms with Gasteiger partial charge in [-0.1, -0.05) is 6.58 Å². The predicted octanol–water partition coefficient (Wildman–Crippen LogP) is 1.07. The number of carbonyl (C=O) groups is 1. The van der Waals surface area contributed by atoms with Crippen molar-refractivity contribution in [3.63, 3.8) is 0 Å². The van der Waals surface area contributed by atoms with Crippen LogP contribution in [0.2, 0.25) is 0 Å². The molecule has 1 aliphatic carbocycles. The summed E-state index contributed by atoms with van der Waals surface area (Å²) < 4.78 is 21.0. The van der Waals surface area contributed by atoms with Gasteiger partial charge in [0.1, 0.15) is 6.61 Å². The van der Waals surface area contributed by atoms with E-state index in [-0.39, 0.29) is 18.8 Å². The van der Waals surface area contributed by atoms with Crippen LogP contribution in [0.5, 0.6) is 0 Å². The zero-order valence-electron chi connectivity index (χ0n) is 12.5. The molecule has 1 aliphatic rings. The fraction of sp³-hybridized carbons (Fsp3) is 0.800. The molecule has 0 bridgehead atoms. The summed E-state index contributed by atoms with van der Waals surface area (Å²) in [6.07, 6.45) is 4.74. The Kier molecular flexibility index (Phi) is 10.1. The smallest absolute Gasteiger partial charge is 0.330 e. The zero-order valence-corrected chi connectivity index (χ0v) is 12.5. The molecule has 0 aromatic heterocycles. The molecule has 122 valence electrons. The fourth-order valence-corrected chi connectivity index (χ4v) is 2.07. The van der Waals surface area contributed by atoms with Crippen LogP contribution in [0, 0.1) is 0 Å². The Hall–Kier alpha value is -0.950. The van der Waals surface area contributed by atoms with Crippen LogP contribution in [0.3, 0.4) is 0 Å². The summed E-state index contributed by atoms with van der Waals surface area (Å²) in [5.41, 5.74) is 0. The second-order valence-corrected chi connectivity index (χ2v) is 4.90. The van der Waals surface area contributed by atoms with Gasteiger partial charge >= 0.3 is 5.97 Å². The maximum absolute atomic E-state index is 10.7. The van der Waals surface area contributed by atoms with Crippen LogP contribution in [-0.2, 0) is 23.7 Å². The molecule has 1 fully saturated rings. The molecule has 1 N–H and O–H groups in total. The van der Waals surface area contributed by atoms with Gasteiger partial charge in [0, 0.05) is 6.08 Å². The highest BCUT2D eigenvalue weighted by Gasteiger charge is 2.19. The van der Waals surface area contributed by atoms with Crippen LogP contribution in [0.15, 0.2) is 12.7 Å². The Balaban J connectivity index is 1.78. The van der Waals surface area contributed by atoms with E-state index in [0.717, 1.165) is 31.8 Å². The van der Waals surface area contributed by atoms with Gasteiger partial charge in [-0.15, -0.1) is 0 Å². The third-order valence-electron chi connectivity index (χ3n) is 3.24. The van der Waals surface area contributed by atoms with E-state index in [4.69, 9.17) is 18.9 Å². The molecule has 21 heavy (non-hydrogen) atoms. The lowest BCUT2D eigenvalue weighted by Crippen LogP contribution is -2.25. The largest absolute Gasteiger partial charge is 0.460 e. The summed E-state index contributed by atoms with van der Waals surface area (Å²) in [4.78, 5) is 10.7. The first-order chi connectivity index (χ1) is 10.2. The Morgan fingerprint density at radius 3 is 2.19 bits per heavy atom. The summed E-state index contributed by atoms with van der Waals surface area (Å²) in [6.45, 7) is 5.92. The van der Waals surface area contributed by atoms with Crippen LogP contribution in [0.4, 0.5) is 0 Å². The van der Waals surface area contributed by atoms with Crippen LogP contribution in [0.25, 0.3) is 0 Å². The molecule has 1 saturated carbocycles. The van der Waals surface area contributed by atoms with Gasteiger partial charge in [0.05, 0.1) is 45.2 Å². The lowest BCUT2D eigenvalue weighted by Gasteiger charge is -2.25. The van der Waals surface area contributed by atoms with Crippen molar-refractivity contribution in [1.82, 2.24) is 0 Å². The van der Waals surface area contributed by atoms with E-state index in [1.54, 1.807) is 0 Å². The minimum Gasteiger partial charge on any atom is -0.460 e. The zero-order chi connectivity index (χ0) is 15.3. The average Bonchev–Trinajstić information content (AvgIpc) is 2.50. The Morgan fingerprint density at radius 1 is 1.00 bits per heavy atom. The SMILES string of the molecule is C=CC(=O)OCCOCCOCCOC1CCC(O)CC1. The second kappa shape index (κ2) is 11.7. The first kappa shape index (κ1) is 18.1. The average molecular weight is 302 g/mol. The Morgan fingerprint density at radius 2 is 1.57 bits per heavy atom. The van der Waals surface area contributed by atoms with Gasteiger partial charge in [0.15, 0.2) is 0 Å². The topological polar surface area (TPSA) is 74.2 Å². The molecule has 1 rings (SSSR count). The van der Waals surface area contributed by atoms with Crippen molar-refractivity contribution in [3.8, 4) is 0 Å². The normalized spacial score (nSPS) is 22.0. The Labute approximate surface area is 126 Å². The van der Waals surface area contributed by atoms with Gasteiger partial charge in [-0.3, -0.25) is 0 Å². The third-order valence-corrected chi connectivity index (χ3v) is 3.24. The lowest BCUT2D eigenvalue weighted by atomic mass is 9.95. The highest BCUT2D eigenvalue weighted by atomic mass is 16.6. The van der Waals surface area contributed by atoms with E-state index in [0.29, 0.717) is 33.0 Å². The molecule has 0 atom stereocenters. The van der Waals surface area contributed by atoms with Crippen molar-refractivity contribution in [2.45, 2.75) is 37.9 Å². The van der Waals surface area contributed by atoms with Crippen LogP contribution in [0.1, 0.15) is 25.7 Å². The molecule has 0 saturated heterocycles. The molecule has 0 radical (unpaired) electrons. The Bertz CT molecular complexity index is 286. The van der Waals surface area contributed by atoms with Crippen LogP contribution < -0.4 is 0 Å². The van der Waals surface area contributed by atoms with Crippen molar-refractivity contribution >= 4 is 5.97 Å². The highest BCUT2D eigenvalue weighted by molar-refractivity contribution is 5.81. The number of hydrogen-bond donors (Lipinski definition) is 1. The van der Waals surface area contributed by atoms with Crippen molar-refractivity contribution in [1.29, 1.82) is 0 Å². The number of aliphatic hydroxyl groups excluding tert-OH is 1. The molecule has 0 aliphatic heterocycles. The van der Waals surface area contributed by atoms with Gasteiger partial charge < -0.3 is 24.1 Å². The van der Waals surface area contributed by atoms with Crippen LogP contribution >= 0.6 is 0 Å². The number of rotatable bonds is 11. The third kappa shape index (κ3) is 9.57. The van der Waals surface area contributed by atoms with Gasteiger partial charge in [0.2, 0.25) is 0 Å². The van der Waals surface area contributed by atoms with Crippen molar-refractivity contribution in [3.05, 3.63) is 12.7 Å². The molecule has 0 aromatic rings. The summed E-state index contributed by atoms with van der Waals surface area (Å²) in [5, 5.41) is 9.38. The number of carbonyl (C=O) groups excluding carboxylic acids is 1. The van der Waals surface area contributed by atoms with Crippen molar-refractivity contribution in [2.75, 3.05) is 39.6 Å². The highest BCUT2D eigenvalue weighted by Crippen LogP contribution is 2.20. The first-order valence-corrected chi connectivity index (χ1v) is 7.46. The molecular weight excluding hydrogens is 276 g/mol. The van der Waals surface area contributed by atoms with Crippen molar-refractivity contribution < 1.29 is 28.8 Å². The van der Waals surface area contributed by atoms with Gasteiger partial charge in [0.25, 0.3) is 0 Å². The molecular formula is C15H26O6. The lowest BCUT2D eigenvalue weighted by molar-refractivity contribution is -0.139. The number of esters is 1. The molecule has 6 heteroatoms. The van der Waals surface area contributed by atoms with Crippen LogP contribution in [-0.4, -0.2) is 62.9 Å². The van der Waals surface area contributed by atoms with E-state index < -0.39 is 5.97 Å². The monoisotopic (exact) mass is 302 g/mol. The van der Waals surface area contributed by atoms with Gasteiger partial charge in [-0.05, 0) is 25.7 Å². The van der Waals surface area contributed by atoms with E-state index in [1.807, 2.05) is 0 Å². The summed E-state index contributed by atoms with van der Waals surface area (Å²) in [7, 11) is 0. The quantitative estimate of drug-likeness (QED) is 0.349. The molecule has 6 nitrogen and oxygen atoms in total. The standard InChI is InChI=1S/C15H26O6/c1-2-15(17)21-12-10-19-8-7-18-9-11-20-14-5-3-13(16)4-6-14/h2,13-14,16H,1,3-12H2. The van der Waals surface area contributed by atoms with Crippen molar-refractivity contribution in [2.24, 2.45) is 0 Å². The second-order valence-electron chi connectivity index (χ2n) is 4.90. The van der Waals surface area contributed by atoms with E-state index in [2.05, 4.69) is 6.58 Å². The van der Waals surface area contributed by atoms with E-state index in [1.165, 1.54) is 0 Å². The number of ether oxygens (including phenoxy) is 4. The van der Waals surface area contributed by atoms with E-state index in [9.17, 15) is 9.90 Å². The van der Waals surface area contributed by atoms with Gasteiger partial charge in [-0.2, -0.15) is 0 Å². The molecule has 0 aromatic carbocycles. The molecule has 0 unspecified atom stereocenters. The summed E-state index contributed by atoms with van der Waals surface area (Å²) in [6, 6.07) is 0. The maximum Gasteiger partial charge on any atom is 0.330 e. The fourth-order valence-electron chi connectivity index (χ4n) is 2.07. The summed E-state index contributed by atoms with van der Waals surface area (Å²) in [5.74, 6) is -0.442. The molecule has 0 spiro atoms. The molecule has 0 heterocycles. The number of hydrogen-bond acceptors (Lipinski definition) is 6. The number of aliphatic hydroxyl groups is 1. The van der Waals surface area contributed by atoms with E-state index >= 15 is 0 Å². The first-order valence-electron chi connectivity index (χ1n) is 7.46. The minimum atomic E-state index is -0.442. The molecule has 0 amide bonds.